The van der Waals surface area contributed by atoms with Gasteiger partial charge in [-0.2, -0.15) is 0 Å². The maximum atomic E-state index is 11.3. The number of carboxylic acid groups (broad SMARTS) is 2. The summed E-state index contributed by atoms with van der Waals surface area (Å²) in [6.45, 7) is 0.233. The summed E-state index contributed by atoms with van der Waals surface area (Å²) in [5, 5.41) is 18.3. The lowest BCUT2D eigenvalue weighted by molar-refractivity contribution is 0.0651. The van der Waals surface area contributed by atoms with Gasteiger partial charge in [-0.05, 0) is 34.9 Å². The van der Waals surface area contributed by atoms with Crippen LogP contribution in [0, 0.1) is 0 Å². The number of ether oxygens (including phenoxy) is 1. The fourth-order valence-electron chi connectivity index (χ4n) is 2.68. The molecule has 130 valence electrons. The molecular weight excluding hydrogens is 332 g/mol. The third-order valence-corrected chi connectivity index (χ3v) is 3.95. The number of hydrogen-bond donors (Lipinski definition) is 2. The van der Waals surface area contributed by atoms with E-state index < -0.39 is 11.9 Å². The SMILES string of the molecule is O=C(O)c1ccc(OCc2ccccc2-c2ccccc2)cc1C(=O)O. The van der Waals surface area contributed by atoms with E-state index in [9.17, 15) is 14.7 Å². The molecule has 0 aromatic heterocycles. The Kier molecular flexibility index (Phi) is 4.99. The second-order valence-electron chi connectivity index (χ2n) is 5.63. The minimum absolute atomic E-state index is 0.233. The lowest BCUT2D eigenvalue weighted by atomic mass is 10.0. The largest absolute Gasteiger partial charge is 0.489 e. The average molecular weight is 348 g/mol. The number of rotatable bonds is 6. The van der Waals surface area contributed by atoms with Crippen molar-refractivity contribution < 1.29 is 24.5 Å². The summed E-state index contributed by atoms with van der Waals surface area (Å²) in [7, 11) is 0. The summed E-state index contributed by atoms with van der Waals surface area (Å²) >= 11 is 0. The molecule has 5 heteroatoms. The molecule has 0 aliphatic rings. The zero-order chi connectivity index (χ0) is 18.5. The molecule has 26 heavy (non-hydrogen) atoms. The molecule has 0 aliphatic heterocycles. The molecule has 0 radical (unpaired) electrons. The molecule has 0 fully saturated rings. The normalized spacial score (nSPS) is 10.3. The first kappa shape index (κ1) is 17.2. The zero-order valence-electron chi connectivity index (χ0n) is 13.8. The molecule has 0 heterocycles. The van der Waals surface area contributed by atoms with E-state index in [1.807, 2.05) is 54.6 Å². The second-order valence-corrected chi connectivity index (χ2v) is 5.63. The van der Waals surface area contributed by atoms with Crippen molar-refractivity contribution in [2.24, 2.45) is 0 Å². The highest BCUT2D eigenvalue weighted by Gasteiger charge is 2.17. The third kappa shape index (κ3) is 3.72. The highest BCUT2D eigenvalue weighted by Crippen LogP contribution is 2.25. The average Bonchev–Trinajstić information content (AvgIpc) is 2.67. The van der Waals surface area contributed by atoms with Gasteiger partial charge in [-0.25, -0.2) is 9.59 Å². The Morgan fingerprint density at radius 1 is 0.769 bits per heavy atom. The number of carboxylic acids is 2. The van der Waals surface area contributed by atoms with E-state index in [2.05, 4.69) is 0 Å². The Hall–Kier alpha value is -3.60. The number of hydrogen-bond acceptors (Lipinski definition) is 3. The van der Waals surface area contributed by atoms with Gasteiger partial charge in [0.25, 0.3) is 0 Å². The molecule has 0 saturated heterocycles. The van der Waals surface area contributed by atoms with E-state index in [-0.39, 0.29) is 17.7 Å². The van der Waals surface area contributed by atoms with Crippen LogP contribution in [0.15, 0.2) is 72.8 Å². The van der Waals surface area contributed by atoms with Crippen LogP contribution in [0.25, 0.3) is 11.1 Å². The molecule has 5 nitrogen and oxygen atoms in total. The van der Waals surface area contributed by atoms with Crippen LogP contribution in [-0.2, 0) is 6.61 Å². The van der Waals surface area contributed by atoms with Gasteiger partial charge in [0, 0.05) is 0 Å². The Bertz CT molecular complexity index is 948. The Labute approximate surface area is 150 Å². The topological polar surface area (TPSA) is 83.8 Å². The molecule has 0 aliphatic carbocycles. The Morgan fingerprint density at radius 3 is 2.12 bits per heavy atom. The number of aromatic carboxylic acids is 2. The van der Waals surface area contributed by atoms with Gasteiger partial charge in [0.1, 0.15) is 12.4 Å². The van der Waals surface area contributed by atoms with Crippen LogP contribution in [0.4, 0.5) is 0 Å². The molecule has 0 unspecified atom stereocenters. The minimum atomic E-state index is -1.31. The maximum Gasteiger partial charge on any atom is 0.336 e. The second kappa shape index (κ2) is 7.53. The zero-order valence-corrected chi connectivity index (χ0v) is 13.8. The van der Waals surface area contributed by atoms with Crippen molar-refractivity contribution in [1.82, 2.24) is 0 Å². The predicted octanol–water partition coefficient (Wildman–Crippen LogP) is 4.33. The summed E-state index contributed by atoms with van der Waals surface area (Å²) in [6, 6.07) is 21.6. The van der Waals surface area contributed by atoms with Crippen molar-refractivity contribution in [2.75, 3.05) is 0 Å². The van der Waals surface area contributed by atoms with E-state index in [0.717, 1.165) is 16.7 Å². The molecule has 3 aromatic carbocycles. The first-order valence-electron chi connectivity index (χ1n) is 7.93. The standard InChI is InChI=1S/C21H16O5/c22-20(23)18-11-10-16(12-19(18)21(24)25)26-13-15-8-4-5-9-17(15)14-6-2-1-3-7-14/h1-12H,13H2,(H,22,23)(H,24,25). The van der Waals surface area contributed by atoms with Crippen LogP contribution in [0.2, 0.25) is 0 Å². The van der Waals surface area contributed by atoms with Gasteiger partial charge in [-0.3, -0.25) is 0 Å². The van der Waals surface area contributed by atoms with Crippen LogP contribution >= 0.6 is 0 Å². The van der Waals surface area contributed by atoms with Crippen LogP contribution in [0.3, 0.4) is 0 Å². The van der Waals surface area contributed by atoms with Gasteiger partial charge < -0.3 is 14.9 Å². The predicted molar refractivity (Wildman–Crippen MR) is 96.6 cm³/mol. The fourth-order valence-corrected chi connectivity index (χ4v) is 2.68. The van der Waals surface area contributed by atoms with Gasteiger partial charge in [0.2, 0.25) is 0 Å². The first-order chi connectivity index (χ1) is 12.6. The summed E-state index contributed by atoms with van der Waals surface area (Å²) < 4.78 is 5.72. The molecule has 0 saturated carbocycles. The first-order valence-corrected chi connectivity index (χ1v) is 7.93. The van der Waals surface area contributed by atoms with Gasteiger partial charge in [-0.15, -0.1) is 0 Å². The van der Waals surface area contributed by atoms with Crippen LogP contribution in [0.1, 0.15) is 26.3 Å². The lowest BCUT2D eigenvalue weighted by Crippen LogP contribution is -2.08. The Balaban J connectivity index is 1.86. The van der Waals surface area contributed by atoms with Crippen molar-refractivity contribution in [1.29, 1.82) is 0 Å². The highest BCUT2D eigenvalue weighted by atomic mass is 16.5. The summed E-state index contributed by atoms with van der Waals surface area (Å²) in [4.78, 5) is 22.4. The summed E-state index contributed by atoms with van der Waals surface area (Å²) in [5.41, 5.74) is 2.45. The van der Waals surface area contributed by atoms with Crippen molar-refractivity contribution in [3.63, 3.8) is 0 Å². The van der Waals surface area contributed by atoms with Crippen LogP contribution < -0.4 is 4.74 Å². The summed E-state index contributed by atoms with van der Waals surface area (Å²) in [6.07, 6.45) is 0. The van der Waals surface area contributed by atoms with E-state index in [4.69, 9.17) is 9.84 Å². The molecule has 3 rings (SSSR count). The van der Waals surface area contributed by atoms with Crippen molar-refractivity contribution in [2.45, 2.75) is 6.61 Å². The monoisotopic (exact) mass is 348 g/mol. The molecular formula is C21H16O5. The molecule has 0 atom stereocenters. The van der Waals surface area contributed by atoms with Crippen molar-refractivity contribution >= 4 is 11.9 Å². The molecule has 3 aromatic rings. The van der Waals surface area contributed by atoms with Gasteiger partial charge in [-0.1, -0.05) is 54.6 Å². The smallest absolute Gasteiger partial charge is 0.336 e. The van der Waals surface area contributed by atoms with Gasteiger partial charge in [0.05, 0.1) is 11.1 Å². The highest BCUT2D eigenvalue weighted by molar-refractivity contribution is 6.02. The van der Waals surface area contributed by atoms with Crippen molar-refractivity contribution in [3.05, 3.63) is 89.5 Å². The van der Waals surface area contributed by atoms with Gasteiger partial charge >= 0.3 is 11.9 Å². The minimum Gasteiger partial charge on any atom is -0.489 e. The van der Waals surface area contributed by atoms with E-state index in [1.165, 1.54) is 18.2 Å². The lowest BCUT2D eigenvalue weighted by Gasteiger charge is -2.12. The third-order valence-electron chi connectivity index (χ3n) is 3.95. The summed E-state index contributed by atoms with van der Waals surface area (Å²) in [5.74, 6) is -2.30. The molecule has 0 amide bonds. The van der Waals surface area contributed by atoms with E-state index in [1.54, 1.807) is 0 Å². The fraction of sp³-hybridized carbons (Fsp3) is 0.0476. The number of benzene rings is 3. The molecule has 0 bridgehead atoms. The van der Waals surface area contributed by atoms with E-state index >= 15 is 0 Å². The quantitative estimate of drug-likeness (QED) is 0.693. The maximum absolute atomic E-state index is 11.3. The van der Waals surface area contributed by atoms with Crippen LogP contribution in [0.5, 0.6) is 5.75 Å². The Morgan fingerprint density at radius 2 is 1.42 bits per heavy atom. The molecule has 2 N–H and O–H groups in total. The van der Waals surface area contributed by atoms with Crippen molar-refractivity contribution in [3.8, 4) is 16.9 Å². The van der Waals surface area contributed by atoms with E-state index in [0.29, 0.717) is 5.75 Å². The van der Waals surface area contributed by atoms with Crippen LogP contribution in [-0.4, -0.2) is 22.2 Å². The molecule has 0 spiro atoms. The van der Waals surface area contributed by atoms with Gasteiger partial charge in [0.15, 0.2) is 0 Å². The number of carbonyl (C=O) groups is 2.